The second kappa shape index (κ2) is 9.78. The first kappa shape index (κ1) is 18.0. The predicted octanol–water partition coefficient (Wildman–Crippen LogP) is 4.23. The summed E-state index contributed by atoms with van der Waals surface area (Å²) in [6.45, 7) is 14.3. The fourth-order valence-electron chi connectivity index (χ4n) is 2.67. The fraction of sp³-hybridized carbons (Fsp3) is 0.722. The standard InChI is InChI=1S/C18H33N3/c1-6-12-19-13-16-10-9-11-18(20-16)21(14-15(4)5)17(7-2)8-3/h9-11,15,17,19H,6-8,12-14H2,1-5H3. The molecule has 0 aliphatic carbocycles. The number of nitrogens with one attached hydrogen (secondary N) is 1. The molecule has 1 aromatic heterocycles. The zero-order valence-electron chi connectivity index (χ0n) is 14.5. The van der Waals surface area contributed by atoms with Gasteiger partial charge in [0, 0.05) is 19.1 Å². The third kappa shape index (κ3) is 6.04. The van der Waals surface area contributed by atoms with E-state index in [1.807, 2.05) is 0 Å². The Kier molecular flexibility index (Phi) is 8.36. The van der Waals surface area contributed by atoms with Gasteiger partial charge in [0.2, 0.25) is 0 Å². The molecule has 0 unspecified atom stereocenters. The highest BCUT2D eigenvalue weighted by Gasteiger charge is 2.18. The minimum Gasteiger partial charge on any atom is -0.353 e. The van der Waals surface area contributed by atoms with Crippen molar-refractivity contribution in [3.63, 3.8) is 0 Å². The van der Waals surface area contributed by atoms with Crippen molar-refractivity contribution in [3.05, 3.63) is 23.9 Å². The van der Waals surface area contributed by atoms with E-state index < -0.39 is 0 Å². The van der Waals surface area contributed by atoms with Crippen LogP contribution in [0.15, 0.2) is 18.2 Å². The summed E-state index contributed by atoms with van der Waals surface area (Å²) in [6, 6.07) is 7.00. The van der Waals surface area contributed by atoms with Crippen molar-refractivity contribution in [1.82, 2.24) is 10.3 Å². The summed E-state index contributed by atoms with van der Waals surface area (Å²) in [5.74, 6) is 1.78. The molecule has 0 fully saturated rings. The van der Waals surface area contributed by atoms with Gasteiger partial charge >= 0.3 is 0 Å². The van der Waals surface area contributed by atoms with E-state index in [2.05, 4.69) is 63.0 Å². The average molecular weight is 291 g/mol. The second-order valence-electron chi connectivity index (χ2n) is 6.18. The Morgan fingerprint density at radius 1 is 1.14 bits per heavy atom. The van der Waals surface area contributed by atoms with Gasteiger partial charge in [-0.2, -0.15) is 0 Å². The number of aromatic nitrogens is 1. The van der Waals surface area contributed by atoms with E-state index in [0.717, 1.165) is 37.6 Å². The number of hydrogen-bond donors (Lipinski definition) is 1. The molecule has 3 heteroatoms. The molecule has 0 spiro atoms. The highest BCUT2D eigenvalue weighted by atomic mass is 15.2. The second-order valence-corrected chi connectivity index (χ2v) is 6.18. The van der Waals surface area contributed by atoms with Crippen molar-refractivity contribution in [2.45, 2.75) is 66.5 Å². The Labute approximate surface area is 131 Å². The lowest BCUT2D eigenvalue weighted by Crippen LogP contribution is -2.38. The molecule has 0 aromatic carbocycles. The molecule has 0 aliphatic rings. The van der Waals surface area contributed by atoms with Crippen LogP contribution in [0.1, 0.15) is 59.6 Å². The molecular formula is C18H33N3. The third-order valence-corrected chi connectivity index (χ3v) is 3.76. The summed E-state index contributed by atoms with van der Waals surface area (Å²) in [5, 5.41) is 3.43. The first-order valence-corrected chi connectivity index (χ1v) is 8.55. The lowest BCUT2D eigenvalue weighted by Gasteiger charge is -2.33. The number of anilines is 1. The van der Waals surface area contributed by atoms with E-state index in [4.69, 9.17) is 4.98 Å². The number of pyridine rings is 1. The smallest absolute Gasteiger partial charge is 0.129 e. The minimum absolute atomic E-state index is 0.582. The van der Waals surface area contributed by atoms with E-state index in [-0.39, 0.29) is 0 Å². The van der Waals surface area contributed by atoms with Crippen molar-refractivity contribution in [1.29, 1.82) is 0 Å². The molecule has 1 N–H and O–H groups in total. The lowest BCUT2D eigenvalue weighted by molar-refractivity contribution is 0.502. The van der Waals surface area contributed by atoms with E-state index in [1.165, 1.54) is 12.8 Å². The summed E-state index contributed by atoms with van der Waals surface area (Å²) in [4.78, 5) is 7.37. The molecule has 3 nitrogen and oxygen atoms in total. The molecule has 0 amide bonds. The summed E-state index contributed by atoms with van der Waals surface area (Å²) >= 11 is 0. The van der Waals surface area contributed by atoms with Crippen molar-refractivity contribution >= 4 is 5.82 Å². The summed E-state index contributed by atoms with van der Waals surface area (Å²) in [7, 11) is 0. The topological polar surface area (TPSA) is 28.2 Å². The quantitative estimate of drug-likeness (QED) is 0.654. The van der Waals surface area contributed by atoms with Crippen LogP contribution in [0.5, 0.6) is 0 Å². The molecule has 0 atom stereocenters. The van der Waals surface area contributed by atoms with Gasteiger partial charge in [0.1, 0.15) is 5.82 Å². The van der Waals surface area contributed by atoms with Gasteiger partial charge in [-0.1, -0.05) is 40.7 Å². The molecule has 1 rings (SSSR count). The molecule has 1 aromatic rings. The average Bonchev–Trinajstić information content (AvgIpc) is 2.48. The van der Waals surface area contributed by atoms with Crippen LogP contribution >= 0.6 is 0 Å². The Morgan fingerprint density at radius 3 is 2.43 bits per heavy atom. The molecule has 120 valence electrons. The van der Waals surface area contributed by atoms with Crippen LogP contribution in [0.25, 0.3) is 0 Å². The Hall–Kier alpha value is -1.09. The molecule has 0 bridgehead atoms. The van der Waals surface area contributed by atoms with Crippen LogP contribution < -0.4 is 10.2 Å². The molecule has 0 saturated heterocycles. The van der Waals surface area contributed by atoms with Gasteiger partial charge in [-0.25, -0.2) is 4.98 Å². The molecule has 0 saturated carbocycles. The van der Waals surface area contributed by atoms with Gasteiger partial charge in [-0.05, 0) is 43.9 Å². The first-order chi connectivity index (χ1) is 10.1. The Morgan fingerprint density at radius 2 is 1.86 bits per heavy atom. The fourth-order valence-corrected chi connectivity index (χ4v) is 2.67. The summed E-state index contributed by atoms with van der Waals surface area (Å²) in [5.41, 5.74) is 1.14. The molecule has 21 heavy (non-hydrogen) atoms. The molecule has 0 radical (unpaired) electrons. The monoisotopic (exact) mass is 291 g/mol. The van der Waals surface area contributed by atoms with Gasteiger partial charge in [0.25, 0.3) is 0 Å². The molecular weight excluding hydrogens is 258 g/mol. The van der Waals surface area contributed by atoms with E-state index in [9.17, 15) is 0 Å². The van der Waals surface area contributed by atoms with Crippen LogP contribution in [-0.4, -0.2) is 24.1 Å². The zero-order chi connectivity index (χ0) is 15.7. The maximum atomic E-state index is 4.88. The highest BCUT2D eigenvalue weighted by molar-refractivity contribution is 5.40. The normalized spacial score (nSPS) is 11.4. The Balaban J connectivity index is 2.87. The van der Waals surface area contributed by atoms with Crippen molar-refractivity contribution in [2.75, 3.05) is 18.0 Å². The van der Waals surface area contributed by atoms with Crippen LogP contribution in [0.3, 0.4) is 0 Å². The van der Waals surface area contributed by atoms with Crippen molar-refractivity contribution in [3.8, 4) is 0 Å². The van der Waals surface area contributed by atoms with E-state index in [1.54, 1.807) is 0 Å². The number of rotatable bonds is 10. The third-order valence-electron chi connectivity index (χ3n) is 3.76. The van der Waals surface area contributed by atoms with Gasteiger partial charge in [-0.15, -0.1) is 0 Å². The Bertz CT molecular complexity index is 386. The predicted molar refractivity (Wildman–Crippen MR) is 92.8 cm³/mol. The van der Waals surface area contributed by atoms with Crippen LogP contribution in [0.4, 0.5) is 5.82 Å². The maximum absolute atomic E-state index is 4.88. The van der Waals surface area contributed by atoms with Crippen LogP contribution in [0, 0.1) is 5.92 Å². The lowest BCUT2D eigenvalue weighted by atomic mass is 10.1. The van der Waals surface area contributed by atoms with Crippen molar-refractivity contribution < 1.29 is 0 Å². The van der Waals surface area contributed by atoms with Crippen LogP contribution in [-0.2, 0) is 6.54 Å². The molecule has 0 aliphatic heterocycles. The van der Waals surface area contributed by atoms with Crippen LogP contribution in [0.2, 0.25) is 0 Å². The van der Waals surface area contributed by atoms with Gasteiger partial charge in [0.15, 0.2) is 0 Å². The van der Waals surface area contributed by atoms with Gasteiger partial charge in [-0.3, -0.25) is 0 Å². The van der Waals surface area contributed by atoms with E-state index in [0.29, 0.717) is 12.0 Å². The first-order valence-electron chi connectivity index (χ1n) is 8.55. The van der Waals surface area contributed by atoms with Crippen molar-refractivity contribution in [2.24, 2.45) is 5.92 Å². The minimum atomic E-state index is 0.582. The van der Waals surface area contributed by atoms with E-state index >= 15 is 0 Å². The summed E-state index contributed by atoms with van der Waals surface area (Å²) in [6.07, 6.45) is 3.50. The largest absolute Gasteiger partial charge is 0.353 e. The SMILES string of the molecule is CCCNCc1cccc(N(CC(C)C)C(CC)CC)n1. The summed E-state index contributed by atoms with van der Waals surface area (Å²) < 4.78 is 0. The highest BCUT2D eigenvalue weighted by Crippen LogP contribution is 2.20. The maximum Gasteiger partial charge on any atom is 0.129 e. The zero-order valence-corrected chi connectivity index (χ0v) is 14.5. The van der Waals surface area contributed by atoms with Gasteiger partial charge in [0.05, 0.1) is 5.69 Å². The van der Waals surface area contributed by atoms with Gasteiger partial charge < -0.3 is 10.2 Å². The molecule has 1 heterocycles. The number of hydrogen-bond acceptors (Lipinski definition) is 3. The number of nitrogens with zero attached hydrogens (tertiary/aromatic N) is 2.